The molecule has 2 aromatic carbocycles. The normalized spacial score (nSPS) is 15.0. The topological polar surface area (TPSA) is 49.9 Å². The van der Waals surface area contributed by atoms with Gasteiger partial charge in [-0.3, -0.25) is 9.59 Å². The molecule has 5 nitrogen and oxygen atoms in total. The Kier molecular flexibility index (Phi) is 10.0. The summed E-state index contributed by atoms with van der Waals surface area (Å²) in [6, 6.07) is 15.7. The maximum absolute atomic E-state index is 13.3. The summed E-state index contributed by atoms with van der Waals surface area (Å²) in [7, 11) is 1.86. The minimum Gasteiger partial charge on any atom is -0.493 e. The number of benzene rings is 2. The monoisotopic (exact) mass is 498 g/mol. The van der Waals surface area contributed by atoms with Gasteiger partial charge in [0.15, 0.2) is 0 Å². The minimum atomic E-state index is -0.310. The van der Waals surface area contributed by atoms with E-state index < -0.39 is 0 Å². The fraction of sp³-hybridized carbons (Fsp3) is 0.517. The molecule has 1 aliphatic heterocycles. The Morgan fingerprint density at radius 2 is 1.80 bits per heavy atom. The number of carbonyl (C=O) groups is 2. The highest BCUT2D eigenvalue weighted by molar-refractivity contribution is 6.31. The van der Waals surface area contributed by atoms with Crippen molar-refractivity contribution in [2.24, 2.45) is 5.41 Å². The highest BCUT2D eigenvalue weighted by atomic mass is 35.5. The number of ether oxygens (including phenoxy) is 1. The molecule has 1 saturated heterocycles. The van der Waals surface area contributed by atoms with Crippen molar-refractivity contribution in [3.63, 3.8) is 0 Å². The zero-order chi connectivity index (χ0) is 25.3. The van der Waals surface area contributed by atoms with Gasteiger partial charge in [0.25, 0.3) is 0 Å². The summed E-state index contributed by atoms with van der Waals surface area (Å²) in [5, 5.41) is 0.708. The largest absolute Gasteiger partial charge is 0.493 e. The van der Waals surface area contributed by atoms with Gasteiger partial charge in [-0.1, -0.05) is 61.7 Å². The lowest BCUT2D eigenvalue weighted by atomic mass is 9.75. The summed E-state index contributed by atoms with van der Waals surface area (Å²) < 4.78 is 6.23. The number of hydrogen-bond acceptors (Lipinski definition) is 3. The molecule has 2 amide bonds. The second kappa shape index (κ2) is 13.0. The minimum absolute atomic E-state index is 0.104. The predicted molar refractivity (Wildman–Crippen MR) is 142 cm³/mol. The first kappa shape index (κ1) is 27.1. The van der Waals surface area contributed by atoms with Crippen LogP contribution in [0, 0.1) is 12.3 Å². The quantitative estimate of drug-likeness (QED) is 0.343. The Labute approximate surface area is 215 Å². The molecule has 0 unspecified atom stereocenters. The fourth-order valence-electron chi connectivity index (χ4n) is 4.63. The first-order valence-corrected chi connectivity index (χ1v) is 13.1. The van der Waals surface area contributed by atoms with Gasteiger partial charge < -0.3 is 14.5 Å². The van der Waals surface area contributed by atoms with Crippen LogP contribution in [0.4, 0.5) is 0 Å². The molecule has 0 aromatic heterocycles. The third kappa shape index (κ3) is 7.99. The Hall–Kier alpha value is -2.53. The van der Waals surface area contributed by atoms with Gasteiger partial charge >= 0.3 is 0 Å². The van der Waals surface area contributed by atoms with Crippen molar-refractivity contribution in [2.45, 2.75) is 65.3 Å². The molecule has 1 aliphatic rings. The van der Waals surface area contributed by atoms with E-state index in [9.17, 15) is 9.59 Å². The number of unbranched alkanes of at least 4 members (excludes halogenated alkanes) is 2. The molecular formula is C29H39ClN2O3. The molecule has 1 fully saturated rings. The SMILES string of the molecule is CCCCCC(=O)N1CCC(COc2ccc(Cl)c(C)c2)(CC(=O)N(C)Cc2ccccc2)CC1. The summed E-state index contributed by atoms with van der Waals surface area (Å²) in [5.74, 6) is 1.09. The smallest absolute Gasteiger partial charge is 0.223 e. The van der Waals surface area contributed by atoms with Crippen molar-refractivity contribution in [1.82, 2.24) is 9.80 Å². The lowest BCUT2D eigenvalue weighted by molar-refractivity contribution is -0.137. The molecule has 0 spiro atoms. The molecule has 0 aliphatic carbocycles. The van der Waals surface area contributed by atoms with Crippen molar-refractivity contribution >= 4 is 23.4 Å². The first-order chi connectivity index (χ1) is 16.8. The van der Waals surface area contributed by atoms with Gasteiger partial charge in [0, 0.05) is 50.0 Å². The van der Waals surface area contributed by atoms with Crippen molar-refractivity contribution in [2.75, 3.05) is 26.7 Å². The van der Waals surface area contributed by atoms with Crippen LogP contribution >= 0.6 is 11.6 Å². The van der Waals surface area contributed by atoms with E-state index in [-0.39, 0.29) is 17.2 Å². The summed E-state index contributed by atoms with van der Waals surface area (Å²) in [6.45, 7) is 6.46. The molecule has 2 aromatic rings. The van der Waals surface area contributed by atoms with Gasteiger partial charge in [-0.15, -0.1) is 0 Å². The second-order valence-corrected chi connectivity index (χ2v) is 10.4. The van der Waals surface area contributed by atoms with Crippen LogP contribution in [0.3, 0.4) is 0 Å². The molecule has 0 atom stereocenters. The van der Waals surface area contributed by atoms with Crippen LogP contribution in [0.15, 0.2) is 48.5 Å². The van der Waals surface area contributed by atoms with Gasteiger partial charge in [-0.2, -0.15) is 0 Å². The standard InChI is InChI=1S/C29H39ClN2O3/c1-4-5-7-12-27(33)32-17-15-29(16-18-32,22-35-25-13-14-26(30)23(2)19-25)20-28(34)31(3)21-24-10-8-6-9-11-24/h6,8-11,13-14,19H,4-5,7,12,15-18,20-22H2,1-3H3. The van der Waals surface area contributed by atoms with E-state index in [0.29, 0.717) is 44.1 Å². The van der Waals surface area contributed by atoms with E-state index in [0.717, 1.165) is 49.0 Å². The number of aryl methyl sites for hydroxylation is 1. The maximum atomic E-state index is 13.3. The third-order valence-electron chi connectivity index (χ3n) is 7.06. The zero-order valence-electron chi connectivity index (χ0n) is 21.4. The molecule has 0 N–H and O–H groups in total. The van der Waals surface area contributed by atoms with Crippen LogP contribution in [-0.4, -0.2) is 48.4 Å². The zero-order valence-corrected chi connectivity index (χ0v) is 22.2. The van der Waals surface area contributed by atoms with E-state index in [1.54, 1.807) is 4.90 Å². The Morgan fingerprint density at radius 3 is 2.46 bits per heavy atom. The molecule has 6 heteroatoms. The van der Waals surface area contributed by atoms with E-state index in [4.69, 9.17) is 16.3 Å². The number of carbonyl (C=O) groups excluding carboxylic acids is 2. The van der Waals surface area contributed by atoms with E-state index >= 15 is 0 Å². The van der Waals surface area contributed by atoms with Gasteiger partial charge in [0.2, 0.25) is 11.8 Å². The summed E-state index contributed by atoms with van der Waals surface area (Å²) in [6.07, 6.45) is 5.66. The molecule has 3 rings (SSSR count). The molecule has 0 bridgehead atoms. The molecule has 190 valence electrons. The lowest BCUT2D eigenvalue weighted by Crippen LogP contribution is -2.47. The predicted octanol–water partition coefficient (Wildman–Crippen LogP) is 6.27. The van der Waals surface area contributed by atoms with Gasteiger partial charge in [0.05, 0.1) is 6.61 Å². The summed E-state index contributed by atoms with van der Waals surface area (Å²) in [4.78, 5) is 29.7. The van der Waals surface area contributed by atoms with Gasteiger partial charge in [0.1, 0.15) is 5.75 Å². The number of likely N-dealkylation sites (tertiary alicyclic amines) is 1. The maximum Gasteiger partial charge on any atom is 0.223 e. The summed E-state index contributed by atoms with van der Waals surface area (Å²) in [5.41, 5.74) is 1.76. The van der Waals surface area contributed by atoms with Crippen LogP contribution in [0.2, 0.25) is 5.02 Å². The highest BCUT2D eigenvalue weighted by Gasteiger charge is 2.39. The van der Waals surface area contributed by atoms with Crippen LogP contribution < -0.4 is 4.74 Å². The van der Waals surface area contributed by atoms with Crippen LogP contribution in [0.25, 0.3) is 0 Å². The summed E-state index contributed by atoms with van der Waals surface area (Å²) >= 11 is 6.17. The Bertz CT molecular complexity index is 971. The average molecular weight is 499 g/mol. The van der Waals surface area contributed by atoms with E-state index in [1.165, 1.54) is 0 Å². The number of amides is 2. The van der Waals surface area contributed by atoms with Crippen molar-refractivity contribution in [1.29, 1.82) is 0 Å². The van der Waals surface area contributed by atoms with Crippen molar-refractivity contribution in [3.8, 4) is 5.75 Å². The average Bonchev–Trinajstić information content (AvgIpc) is 2.86. The number of halogens is 1. The number of piperidine rings is 1. The van der Waals surface area contributed by atoms with E-state index in [2.05, 4.69) is 6.92 Å². The molecular weight excluding hydrogens is 460 g/mol. The Morgan fingerprint density at radius 1 is 1.09 bits per heavy atom. The fourth-order valence-corrected chi connectivity index (χ4v) is 4.75. The Balaban J connectivity index is 1.67. The number of hydrogen-bond donors (Lipinski definition) is 0. The van der Waals surface area contributed by atoms with Gasteiger partial charge in [-0.25, -0.2) is 0 Å². The highest BCUT2D eigenvalue weighted by Crippen LogP contribution is 2.37. The van der Waals surface area contributed by atoms with E-state index in [1.807, 2.05) is 67.4 Å². The lowest BCUT2D eigenvalue weighted by Gasteiger charge is -2.42. The van der Waals surface area contributed by atoms with Crippen LogP contribution in [0.5, 0.6) is 5.75 Å². The number of nitrogens with zero attached hydrogens (tertiary/aromatic N) is 2. The molecule has 1 heterocycles. The first-order valence-electron chi connectivity index (χ1n) is 12.8. The van der Waals surface area contributed by atoms with Crippen molar-refractivity contribution in [3.05, 3.63) is 64.7 Å². The number of rotatable bonds is 11. The molecule has 35 heavy (non-hydrogen) atoms. The molecule has 0 radical (unpaired) electrons. The third-order valence-corrected chi connectivity index (χ3v) is 7.48. The second-order valence-electron chi connectivity index (χ2n) is 9.95. The van der Waals surface area contributed by atoms with Crippen molar-refractivity contribution < 1.29 is 14.3 Å². The molecule has 0 saturated carbocycles. The van der Waals surface area contributed by atoms with Gasteiger partial charge in [-0.05, 0) is 55.5 Å². The van der Waals surface area contributed by atoms with Crippen LogP contribution in [0.1, 0.15) is 63.0 Å². The van der Waals surface area contributed by atoms with Crippen LogP contribution in [-0.2, 0) is 16.1 Å².